The van der Waals surface area contributed by atoms with Crippen molar-refractivity contribution >= 4 is 5.82 Å². The van der Waals surface area contributed by atoms with Crippen LogP contribution in [-0.2, 0) is 5.60 Å². The van der Waals surface area contributed by atoms with Crippen molar-refractivity contribution in [3.8, 4) is 6.07 Å². The van der Waals surface area contributed by atoms with Crippen LogP contribution < -0.4 is 4.90 Å². The summed E-state index contributed by atoms with van der Waals surface area (Å²) in [5.41, 5.74) is -0.0664. The summed E-state index contributed by atoms with van der Waals surface area (Å²) in [5.74, 6) is 0.280. The molecule has 0 bridgehead atoms. The third-order valence-corrected chi connectivity index (χ3v) is 3.36. The highest BCUT2D eigenvalue weighted by Crippen LogP contribution is 2.34. The Morgan fingerprint density at radius 3 is 2.45 bits per heavy atom. The molecule has 0 amide bonds. The fourth-order valence-electron chi connectivity index (χ4n) is 2.23. The van der Waals surface area contributed by atoms with Gasteiger partial charge in [-0.3, -0.25) is 0 Å². The average molecular weight is 270 g/mol. The summed E-state index contributed by atoms with van der Waals surface area (Å²) in [4.78, 5) is 9.90. The molecule has 0 aliphatic carbocycles. The molecule has 0 saturated carbocycles. The van der Waals surface area contributed by atoms with E-state index >= 15 is 0 Å². The van der Waals surface area contributed by atoms with Gasteiger partial charge in [0.1, 0.15) is 23.3 Å². The number of benzene rings is 1. The van der Waals surface area contributed by atoms with Crippen molar-refractivity contribution in [3.63, 3.8) is 0 Å². The van der Waals surface area contributed by atoms with Crippen molar-refractivity contribution in [2.45, 2.75) is 5.60 Å². The summed E-state index contributed by atoms with van der Waals surface area (Å²) < 4.78 is 12.9. The van der Waals surface area contributed by atoms with Gasteiger partial charge >= 0.3 is 0 Å². The number of nitrogens with zero attached hydrogens (tertiary/aromatic N) is 4. The Balaban J connectivity index is 1.73. The van der Waals surface area contributed by atoms with Gasteiger partial charge in [0.2, 0.25) is 0 Å². The highest BCUT2D eigenvalue weighted by Gasteiger charge is 2.43. The maximum atomic E-state index is 12.9. The summed E-state index contributed by atoms with van der Waals surface area (Å²) in [6, 6.07) is 7.72. The highest BCUT2D eigenvalue weighted by molar-refractivity contribution is 5.45. The van der Waals surface area contributed by atoms with Crippen molar-refractivity contribution in [3.05, 3.63) is 53.7 Å². The van der Waals surface area contributed by atoms with Crippen LogP contribution in [0.1, 0.15) is 11.3 Å². The van der Waals surface area contributed by atoms with Crippen molar-refractivity contribution in [2.24, 2.45) is 0 Å². The molecule has 1 saturated heterocycles. The number of nitriles is 1. The van der Waals surface area contributed by atoms with E-state index < -0.39 is 5.60 Å². The maximum Gasteiger partial charge on any atom is 0.158 e. The van der Waals surface area contributed by atoms with Gasteiger partial charge in [0.15, 0.2) is 5.69 Å². The fraction of sp³-hybridized carbons (Fsp3) is 0.214. The Bertz CT molecular complexity index is 657. The third-order valence-electron chi connectivity index (χ3n) is 3.36. The van der Waals surface area contributed by atoms with Crippen LogP contribution in [0.4, 0.5) is 10.2 Å². The monoisotopic (exact) mass is 270 g/mol. The number of rotatable bonds is 2. The lowest BCUT2D eigenvalue weighted by Gasteiger charge is -2.47. The van der Waals surface area contributed by atoms with Crippen LogP contribution >= 0.6 is 0 Å². The summed E-state index contributed by atoms with van der Waals surface area (Å²) in [6.07, 6.45) is 2.90. The fourth-order valence-corrected chi connectivity index (χ4v) is 2.23. The van der Waals surface area contributed by atoms with Crippen LogP contribution in [0, 0.1) is 17.1 Å². The van der Waals surface area contributed by atoms with Crippen LogP contribution in [0.3, 0.4) is 0 Å². The van der Waals surface area contributed by atoms with Gasteiger partial charge in [-0.25, -0.2) is 14.4 Å². The van der Waals surface area contributed by atoms with Gasteiger partial charge in [0.25, 0.3) is 0 Å². The van der Waals surface area contributed by atoms with Gasteiger partial charge in [-0.05, 0) is 17.7 Å². The first-order valence-corrected chi connectivity index (χ1v) is 6.06. The van der Waals surface area contributed by atoms with Gasteiger partial charge in [0, 0.05) is 0 Å². The minimum atomic E-state index is -0.997. The molecule has 0 spiro atoms. The van der Waals surface area contributed by atoms with E-state index in [0.29, 0.717) is 24.5 Å². The van der Waals surface area contributed by atoms with Gasteiger partial charge in [-0.1, -0.05) is 12.1 Å². The lowest BCUT2D eigenvalue weighted by Crippen LogP contribution is -2.59. The molecule has 2 aromatic rings. The molecular formula is C14H11FN4O. The van der Waals surface area contributed by atoms with Crippen LogP contribution in [0.25, 0.3) is 0 Å². The molecule has 1 N–H and O–H groups in total. The van der Waals surface area contributed by atoms with E-state index in [2.05, 4.69) is 9.97 Å². The molecule has 2 heterocycles. The molecule has 1 aliphatic heterocycles. The van der Waals surface area contributed by atoms with E-state index in [-0.39, 0.29) is 11.5 Å². The first-order chi connectivity index (χ1) is 9.60. The predicted molar refractivity (Wildman–Crippen MR) is 69.3 cm³/mol. The molecule has 1 aromatic heterocycles. The molecule has 0 atom stereocenters. The second-order valence-corrected chi connectivity index (χ2v) is 4.77. The summed E-state index contributed by atoms with van der Waals surface area (Å²) in [5, 5.41) is 19.1. The Morgan fingerprint density at radius 2 is 1.90 bits per heavy atom. The van der Waals surface area contributed by atoms with Crippen molar-refractivity contribution in [1.82, 2.24) is 9.97 Å². The summed E-state index contributed by atoms with van der Waals surface area (Å²) >= 11 is 0. The number of β-amino-alcohol motifs (C(OH)–C–C–N with tert-alkyl or cyclic N) is 1. The zero-order chi connectivity index (χ0) is 14.2. The van der Waals surface area contributed by atoms with Crippen LogP contribution in [0.2, 0.25) is 0 Å². The van der Waals surface area contributed by atoms with Crippen molar-refractivity contribution < 1.29 is 9.50 Å². The summed E-state index contributed by atoms with van der Waals surface area (Å²) in [6.45, 7) is 0.721. The van der Waals surface area contributed by atoms with E-state index in [0.717, 1.165) is 0 Å². The number of hydrogen-bond donors (Lipinski definition) is 1. The predicted octanol–water partition coefficient (Wildman–Crippen LogP) is 1.20. The molecule has 6 heteroatoms. The van der Waals surface area contributed by atoms with Gasteiger partial charge in [-0.15, -0.1) is 0 Å². The largest absolute Gasteiger partial charge is 0.381 e. The Hall–Kier alpha value is -2.52. The number of hydrogen-bond acceptors (Lipinski definition) is 5. The highest BCUT2D eigenvalue weighted by atomic mass is 19.1. The normalized spacial score (nSPS) is 16.4. The van der Waals surface area contributed by atoms with E-state index in [1.807, 2.05) is 11.0 Å². The Kier molecular flexibility index (Phi) is 2.84. The SMILES string of the molecule is N#Cc1cnc(N2CC(O)(c3ccc(F)cc3)C2)cn1. The molecule has 1 aliphatic rings. The third kappa shape index (κ3) is 2.08. The standard InChI is InChI=1S/C14H11FN4O/c15-11-3-1-10(2-4-11)14(20)8-19(9-14)13-7-17-12(5-16)6-18-13/h1-4,6-7,20H,8-9H2. The molecular weight excluding hydrogens is 259 g/mol. The molecule has 1 aromatic carbocycles. The lowest BCUT2D eigenvalue weighted by molar-refractivity contribution is 0.00697. The molecule has 0 unspecified atom stereocenters. The number of aliphatic hydroxyl groups is 1. The number of aromatic nitrogens is 2. The van der Waals surface area contributed by atoms with E-state index in [1.54, 1.807) is 12.1 Å². The molecule has 0 radical (unpaired) electrons. The Labute approximate surface area is 114 Å². The summed E-state index contributed by atoms with van der Waals surface area (Å²) in [7, 11) is 0. The molecule has 5 nitrogen and oxygen atoms in total. The number of anilines is 1. The van der Waals surface area contributed by atoms with Crippen molar-refractivity contribution in [2.75, 3.05) is 18.0 Å². The van der Waals surface area contributed by atoms with E-state index in [1.165, 1.54) is 24.5 Å². The molecule has 100 valence electrons. The second-order valence-electron chi connectivity index (χ2n) is 4.77. The van der Waals surface area contributed by atoms with Crippen LogP contribution in [-0.4, -0.2) is 28.2 Å². The Morgan fingerprint density at radius 1 is 1.20 bits per heavy atom. The maximum absolute atomic E-state index is 12.9. The first kappa shape index (κ1) is 12.5. The molecule has 20 heavy (non-hydrogen) atoms. The molecule has 1 fully saturated rings. The second kappa shape index (κ2) is 4.54. The average Bonchev–Trinajstić information content (AvgIpc) is 2.45. The van der Waals surface area contributed by atoms with Crippen molar-refractivity contribution in [1.29, 1.82) is 5.26 Å². The van der Waals surface area contributed by atoms with E-state index in [4.69, 9.17) is 5.26 Å². The lowest BCUT2D eigenvalue weighted by atomic mass is 9.86. The minimum Gasteiger partial charge on any atom is -0.381 e. The minimum absolute atomic E-state index is 0.253. The van der Waals surface area contributed by atoms with Crippen LogP contribution in [0.15, 0.2) is 36.7 Å². The zero-order valence-corrected chi connectivity index (χ0v) is 10.5. The van der Waals surface area contributed by atoms with Gasteiger partial charge in [-0.2, -0.15) is 5.26 Å². The smallest absolute Gasteiger partial charge is 0.158 e. The quantitative estimate of drug-likeness (QED) is 0.887. The first-order valence-electron chi connectivity index (χ1n) is 6.06. The van der Waals surface area contributed by atoms with Gasteiger partial charge < -0.3 is 10.0 Å². The zero-order valence-electron chi connectivity index (χ0n) is 10.5. The molecule has 3 rings (SSSR count). The van der Waals surface area contributed by atoms with Gasteiger partial charge in [0.05, 0.1) is 25.5 Å². The van der Waals surface area contributed by atoms with Crippen LogP contribution in [0.5, 0.6) is 0 Å². The number of halogens is 1. The topological polar surface area (TPSA) is 73.0 Å². The van der Waals surface area contributed by atoms with E-state index in [9.17, 15) is 9.50 Å².